The van der Waals surface area contributed by atoms with Crippen LogP contribution in [0.2, 0.25) is 0 Å². The van der Waals surface area contributed by atoms with E-state index in [4.69, 9.17) is 5.11 Å². The Labute approximate surface area is 102 Å². The number of rotatable bonds is 6. The SMILES string of the molecule is CCN(CCO)S(=O)(=O)c1ccc(NC)cc1. The van der Waals surface area contributed by atoms with Crippen LogP contribution >= 0.6 is 0 Å². The molecule has 0 spiro atoms. The predicted molar refractivity (Wildman–Crippen MR) is 67.5 cm³/mol. The van der Waals surface area contributed by atoms with Crippen LogP contribution in [0.1, 0.15) is 6.92 Å². The minimum atomic E-state index is -3.49. The number of sulfonamides is 1. The number of hydrogen-bond acceptors (Lipinski definition) is 4. The lowest BCUT2D eigenvalue weighted by molar-refractivity contribution is 0.257. The van der Waals surface area contributed by atoms with Gasteiger partial charge in [0.2, 0.25) is 10.0 Å². The highest BCUT2D eigenvalue weighted by atomic mass is 32.2. The molecule has 1 rings (SSSR count). The molecule has 0 radical (unpaired) electrons. The molecule has 0 saturated carbocycles. The van der Waals surface area contributed by atoms with Crippen molar-refractivity contribution >= 4 is 15.7 Å². The first-order valence-electron chi connectivity index (χ1n) is 5.45. The molecule has 0 aromatic heterocycles. The van der Waals surface area contributed by atoms with Crippen molar-refractivity contribution in [2.75, 3.05) is 32.1 Å². The van der Waals surface area contributed by atoms with Crippen LogP contribution < -0.4 is 5.32 Å². The van der Waals surface area contributed by atoms with Crippen LogP contribution in [-0.2, 0) is 10.0 Å². The molecule has 0 aliphatic rings. The largest absolute Gasteiger partial charge is 0.395 e. The van der Waals surface area contributed by atoms with Gasteiger partial charge in [0.1, 0.15) is 0 Å². The average molecular weight is 258 g/mol. The van der Waals surface area contributed by atoms with Crippen LogP contribution in [0.4, 0.5) is 5.69 Å². The van der Waals surface area contributed by atoms with Crippen LogP contribution in [-0.4, -0.2) is 44.6 Å². The number of aliphatic hydroxyl groups is 1. The van der Waals surface area contributed by atoms with Gasteiger partial charge in [0.05, 0.1) is 11.5 Å². The predicted octanol–water partition coefficient (Wildman–Crippen LogP) is 0.731. The van der Waals surface area contributed by atoms with Crippen LogP contribution in [0.15, 0.2) is 29.2 Å². The Kier molecular flexibility index (Phi) is 4.92. The summed E-state index contributed by atoms with van der Waals surface area (Å²) in [4.78, 5) is 0.242. The minimum Gasteiger partial charge on any atom is -0.395 e. The van der Waals surface area contributed by atoms with Crippen molar-refractivity contribution < 1.29 is 13.5 Å². The second kappa shape index (κ2) is 6.00. The van der Waals surface area contributed by atoms with Gasteiger partial charge in [0.15, 0.2) is 0 Å². The fraction of sp³-hybridized carbons (Fsp3) is 0.455. The van der Waals surface area contributed by atoms with Crippen molar-refractivity contribution in [1.82, 2.24) is 4.31 Å². The highest BCUT2D eigenvalue weighted by molar-refractivity contribution is 7.89. The molecule has 0 unspecified atom stereocenters. The summed E-state index contributed by atoms with van der Waals surface area (Å²) in [5.41, 5.74) is 0.856. The van der Waals surface area contributed by atoms with Crippen molar-refractivity contribution in [3.05, 3.63) is 24.3 Å². The standard InChI is InChI=1S/C11H18N2O3S/c1-3-13(8-9-14)17(15,16)11-6-4-10(12-2)5-7-11/h4-7,12,14H,3,8-9H2,1-2H3. The Morgan fingerprint density at radius 2 is 1.88 bits per heavy atom. The number of nitrogens with zero attached hydrogens (tertiary/aromatic N) is 1. The lowest BCUT2D eigenvalue weighted by Gasteiger charge is -2.19. The smallest absolute Gasteiger partial charge is 0.243 e. The van der Waals surface area contributed by atoms with E-state index in [9.17, 15) is 8.42 Å². The van der Waals surface area contributed by atoms with Gasteiger partial charge in [-0.15, -0.1) is 0 Å². The van der Waals surface area contributed by atoms with Gasteiger partial charge in [-0.05, 0) is 24.3 Å². The Balaban J connectivity index is 3.02. The van der Waals surface area contributed by atoms with Crippen molar-refractivity contribution in [3.63, 3.8) is 0 Å². The van der Waals surface area contributed by atoms with E-state index in [1.165, 1.54) is 4.31 Å². The zero-order valence-corrected chi connectivity index (χ0v) is 10.9. The Morgan fingerprint density at radius 1 is 1.29 bits per heavy atom. The molecule has 1 aromatic rings. The fourth-order valence-corrected chi connectivity index (χ4v) is 2.94. The molecule has 0 bridgehead atoms. The molecule has 0 amide bonds. The third-order valence-electron chi connectivity index (χ3n) is 2.48. The zero-order chi connectivity index (χ0) is 12.9. The minimum absolute atomic E-state index is 0.118. The van der Waals surface area contributed by atoms with E-state index in [1.807, 2.05) is 0 Å². The number of benzene rings is 1. The quantitative estimate of drug-likeness (QED) is 0.789. The molecule has 1 aromatic carbocycles. The second-order valence-electron chi connectivity index (χ2n) is 3.49. The molecule has 0 aliphatic carbocycles. The third-order valence-corrected chi connectivity index (χ3v) is 4.47. The maximum atomic E-state index is 12.1. The van der Waals surface area contributed by atoms with Gasteiger partial charge >= 0.3 is 0 Å². The van der Waals surface area contributed by atoms with Gasteiger partial charge in [-0.25, -0.2) is 8.42 Å². The number of hydrogen-bond donors (Lipinski definition) is 2. The molecular weight excluding hydrogens is 240 g/mol. The lowest BCUT2D eigenvalue weighted by atomic mass is 10.3. The molecule has 0 heterocycles. The van der Waals surface area contributed by atoms with Crippen LogP contribution in [0.25, 0.3) is 0 Å². The molecule has 0 fully saturated rings. The summed E-state index contributed by atoms with van der Waals surface area (Å²) >= 11 is 0. The van der Waals surface area contributed by atoms with Crippen LogP contribution in [0, 0.1) is 0 Å². The summed E-state index contributed by atoms with van der Waals surface area (Å²) in [7, 11) is -1.72. The van der Waals surface area contributed by atoms with E-state index in [0.29, 0.717) is 6.54 Å². The molecule has 2 N–H and O–H groups in total. The summed E-state index contributed by atoms with van der Waals surface area (Å²) in [5, 5.41) is 11.8. The van der Waals surface area contributed by atoms with Gasteiger partial charge in [-0.1, -0.05) is 6.92 Å². The molecule has 6 heteroatoms. The Hall–Kier alpha value is -1.11. The average Bonchev–Trinajstić information content (AvgIpc) is 2.35. The molecule has 0 aliphatic heterocycles. The van der Waals surface area contributed by atoms with Gasteiger partial charge in [-0.2, -0.15) is 4.31 Å². The normalized spacial score (nSPS) is 11.8. The summed E-state index contributed by atoms with van der Waals surface area (Å²) in [6.07, 6.45) is 0. The molecule has 17 heavy (non-hydrogen) atoms. The van der Waals surface area contributed by atoms with E-state index in [2.05, 4.69) is 5.32 Å². The fourth-order valence-electron chi connectivity index (χ4n) is 1.50. The second-order valence-corrected chi connectivity index (χ2v) is 5.43. The van der Waals surface area contributed by atoms with Crippen LogP contribution in [0.3, 0.4) is 0 Å². The third kappa shape index (κ3) is 3.18. The van der Waals surface area contributed by atoms with Crippen LogP contribution in [0.5, 0.6) is 0 Å². The van der Waals surface area contributed by atoms with Crippen molar-refractivity contribution in [1.29, 1.82) is 0 Å². The topological polar surface area (TPSA) is 69.6 Å². The van der Waals surface area contributed by atoms with Crippen molar-refractivity contribution in [2.24, 2.45) is 0 Å². The van der Waals surface area contributed by atoms with E-state index < -0.39 is 10.0 Å². The number of nitrogens with one attached hydrogen (secondary N) is 1. The van der Waals surface area contributed by atoms with Gasteiger partial charge in [0.25, 0.3) is 0 Å². The number of likely N-dealkylation sites (N-methyl/N-ethyl adjacent to an activating group) is 1. The van der Waals surface area contributed by atoms with E-state index in [1.54, 1.807) is 38.2 Å². The molecule has 96 valence electrons. The van der Waals surface area contributed by atoms with Gasteiger partial charge < -0.3 is 10.4 Å². The first-order valence-corrected chi connectivity index (χ1v) is 6.89. The first-order chi connectivity index (χ1) is 8.06. The van der Waals surface area contributed by atoms with E-state index in [0.717, 1.165) is 5.69 Å². The zero-order valence-electron chi connectivity index (χ0n) is 10.0. The highest BCUT2D eigenvalue weighted by Crippen LogP contribution is 2.17. The van der Waals surface area contributed by atoms with Crippen molar-refractivity contribution in [2.45, 2.75) is 11.8 Å². The molecule has 0 saturated heterocycles. The summed E-state index contributed by atoms with van der Waals surface area (Å²) in [6, 6.07) is 6.53. The van der Waals surface area contributed by atoms with Gasteiger partial charge in [-0.3, -0.25) is 0 Å². The highest BCUT2D eigenvalue weighted by Gasteiger charge is 2.22. The number of aliphatic hydroxyl groups excluding tert-OH is 1. The number of anilines is 1. The summed E-state index contributed by atoms with van der Waals surface area (Å²) in [6.45, 7) is 2.03. The Bertz CT molecular complexity index is 442. The maximum Gasteiger partial charge on any atom is 0.243 e. The first kappa shape index (κ1) is 14.0. The molecule has 5 nitrogen and oxygen atoms in total. The summed E-state index contributed by atoms with van der Waals surface area (Å²) in [5.74, 6) is 0. The lowest BCUT2D eigenvalue weighted by Crippen LogP contribution is -2.33. The molecular formula is C11H18N2O3S. The van der Waals surface area contributed by atoms with Gasteiger partial charge in [0, 0.05) is 25.8 Å². The molecule has 0 atom stereocenters. The maximum absolute atomic E-state index is 12.1. The monoisotopic (exact) mass is 258 g/mol. The van der Waals surface area contributed by atoms with E-state index in [-0.39, 0.29) is 18.0 Å². The Morgan fingerprint density at radius 3 is 2.29 bits per heavy atom. The summed E-state index contributed by atoms with van der Waals surface area (Å²) < 4.78 is 25.5. The van der Waals surface area contributed by atoms with E-state index >= 15 is 0 Å². The van der Waals surface area contributed by atoms with Crippen molar-refractivity contribution in [3.8, 4) is 0 Å².